The van der Waals surface area contributed by atoms with Crippen LogP contribution in [-0.4, -0.2) is 24.6 Å². The largest absolute Gasteiger partial charge is 1.00 e. The highest BCUT2D eigenvalue weighted by atomic mass is 35.5. The van der Waals surface area contributed by atoms with E-state index in [2.05, 4.69) is 27.7 Å². The highest BCUT2D eigenvalue weighted by molar-refractivity contribution is 7.75. The normalized spacial score (nSPS) is 11.7. The van der Waals surface area contributed by atoms with Crippen LogP contribution in [0.1, 0.15) is 220 Å². The van der Waals surface area contributed by atoms with Gasteiger partial charge in [-0.25, -0.2) is 0 Å². The molecule has 0 aliphatic heterocycles. The Morgan fingerprint density at radius 2 is 0.375 bits per heavy atom. The average molecular weight is 603 g/mol. The van der Waals surface area contributed by atoms with E-state index in [9.17, 15) is 0 Å². The Balaban J connectivity index is 0. The molecule has 0 saturated heterocycles. The summed E-state index contributed by atoms with van der Waals surface area (Å²) in [7, 11) is -0.715. The minimum Gasteiger partial charge on any atom is -1.00 e. The fourth-order valence-electron chi connectivity index (χ4n) is 6.64. The van der Waals surface area contributed by atoms with E-state index < -0.39 is 7.26 Å². The van der Waals surface area contributed by atoms with Gasteiger partial charge >= 0.3 is 0 Å². The molecule has 0 aliphatic carbocycles. The molecule has 2 heteroatoms. The second kappa shape index (κ2) is 35.9. The Labute approximate surface area is 263 Å². The molecule has 0 fully saturated rings. The lowest BCUT2D eigenvalue weighted by Crippen LogP contribution is -3.00. The molecule has 0 radical (unpaired) electrons. The molecule has 0 unspecified atom stereocenters. The molecule has 0 spiro atoms. The van der Waals surface area contributed by atoms with Crippen LogP contribution < -0.4 is 12.4 Å². The van der Waals surface area contributed by atoms with Crippen LogP contribution in [0.5, 0.6) is 0 Å². The van der Waals surface area contributed by atoms with Gasteiger partial charge in [-0.2, -0.15) is 0 Å². The highest BCUT2D eigenvalue weighted by Gasteiger charge is 2.34. The summed E-state index contributed by atoms with van der Waals surface area (Å²) in [5.41, 5.74) is 0. The maximum atomic E-state index is 2.40. The minimum atomic E-state index is -0.715. The molecule has 244 valence electrons. The van der Waals surface area contributed by atoms with Gasteiger partial charge in [-0.15, -0.1) is 0 Å². The molecule has 0 aromatic heterocycles. The molecular weight excluding hydrogens is 523 g/mol. The molecule has 0 aromatic carbocycles. The summed E-state index contributed by atoms with van der Waals surface area (Å²) in [5, 5.41) is 0. The lowest BCUT2D eigenvalue weighted by Gasteiger charge is -2.28. The topological polar surface area (TPSA) is 0 Å². The van der Waals surface area contributed by atoms with Crippen LogP contribution in [0.2, 0.25) is 0 Å². The van der Waals surface area contributed by atoms with Crippen molar-refractivity contribution >= 4 is 7.26 Å². The lowest BCUT2D eigenvalue weighted by molar-refractivity contribution is -0.00000887. The molecule has 0 amide bonds. The fraction of sp³-hybridized carbons (Fsp3) is 1.00. The summed E-state index contributed by atoms with van der Waals surface area (Å²) in [6, 6.07) is 0. The predicted molar refractivity (Wildman–Crippen MR) is 188 cm³/mol. The zero-order valence-corrected chi connectivity index (χ0v) is 30.5. The standard InChI is InChI=1S/C38H80P.ClH/c1-5-9-13-15-17-19-21-23-25-27-29-33-37-39(35-31-11-7-3,36-32-12-8-4)38-34-30-28-26-24-22-20-18-16-14-10-6-2;/h5-38H2,1-4H3;1H/q+1;/p-1. The van der Waals surface area contributed by atoms with Crippen molar-refractivity contribution in [2.75, 3.05) is 24.6 Å². The van der Waals surface area contributed by atoms with E-state index in [4.69, 9.17) is 0 Å². The summed E-state index contributed by atoms with van der Waals surface area (Å²) in [6.07, 6.45) is 51.1. The highest BCUT2D eigenvalue weighted by Crippen LogP contribution is 2.61. The van der Waals surface area contributed by atoms with Gasteiger partial charge in [0.1, 0.15) is 0 Å². The van der Waals surface area contributed by atoms with Crippen molar-refractivity contribution in [1.82, 2.24) is 0 Å². The molecule has 0 saturated carbocycles. The third-order valence-electron chi connectivity index (χ3n) is 9.44. The molecule has 0 rings (SSSR count). The van der Waals surface area contributed by atoms with Crippen LogP contribution >= 0.6 is 7.26 Å². The van der Waals surface area contributed by atoms with Crippen LogP contribution in [-0.2, 0) is 0 Å². The third-order valence-corrected chi connectivity index (χ3v) is 14.5. The predicted octanol–water partition coefficient (Wildman–Crippen LogP) is 11.8. The molecule has 0 heterocycles. The molecule has 0 N–H and O–H groups in total. The summed E-state index contributed by atoms with van der Waals surface area (Å²) >= 11 is 0. The van der Waals surface area contributed by atoms with Gasteiger partial charge in [0.25, 0.3) is 0 Å². The summed E-state index contributed by atoms with van der Waals surface area (Å²) in [4.78, 5) is 0. The first-order valence-corrected chi connectivity index (χ1v) is 21.6. The van der Waals surface area contributed by atoms with E-state index in [1.165, 1.54) is 180 Å². The van der Waals surface area contributed by atoms with Crippen molar-refractivity contribution in [3.63, 3.8) is 0 Å². The van der Waals surface area contributed by atoms with Crippen LogP contribution in [0.4, 0.5) is 0 Å². The van der Waals surface area contributed by atoms with Gasteiger partial charge < -0.3 is 12.4 Å². The zero-order chi connectivity index (χ0) is 28.5. The second-order valence-electron chi connectivity index (χ2n) is 13.4. The van der Waals surface area contributed by atoms with E-state index in [1.54, 1.807) is 37.5 Å². The average Bonchev–Trinajstić information content (AvgIpc) is 2.94. The zero-order valence-electron chi connectivity index (χ0n) is 28.9. The Morgan fingerprint density at radius 1 is 0.225 bits per heavy atom. The number of rotatable bonds is 34. The van der Waals surface area contributed by atoms with Crippen LogP contribution in [0, 0.1) is 0 Å². The number of hydrogen-bond acceptors (Lipinski definition) is 0. The van der Waals surface area contributed by atoms with E-state index in [1.807, 2.05) is 0 Å². The fourth-order valence-corrected chi connectivity index (χ4v) is 11.6. The van der Waals surface area contributed by atoms with Crippen molar-refractivity contribution in [1.29, 1.82) is 0 Å². The van der Waals surface area contributed by atoms with Crippen molar-refractivity contribution in [2.45, 2.75) is 220 Å². The second-order valence-corrected chi connectivity index (χ2v) is 17.9. The Hall–Kier alpha value is 0.720. The molecule has 0 bridgehead atoms. The van der Waals surface area contributed by atoms with Gasteiger partial charge in [0.2, 0.25) is 0 Å². The van der Waals surface area contributed by atoms with E-state index in [0.29, 0.717) is 0 Å². The van der Waals surface area contributed by atoms with Gasteiger partial charge in [-0.1, -0.05) is 182 Å². The molecule has 0 nitrogen and oxygen atoms in total. The summed E-state index contributed by atoms with van der Waals surface area (Å²) in [6.45, 7) is 9.44. The number of hydrogen-bond donors (Lipinski definition) is 0. The van der Waals surface area contributed by atoms with Gasteiger partial charge in [-0.3, -0.25) is 0 Å². The maximum absolute atomic E-state index is 2.40. The molecular formula is C38H80ClP. The van der Waals surface area contributed by atoms with Gasteiger partial charge in [-0.05, 0) is 38.5 Å². The molecule has 0 aliphatic rings. The van der Waals surface area contributed by atoms with E-state index >= 15 is 0 Å². The van der Waals surface area contributed by atoms with Crippen LogP contribution in [0.25, 0.3) is 0 Å². The summed E-state index contributed by atoms with van der Waals surface area (Å²) < 4.78 is 0. The smallest absolute Gasteiger partial charge is 0.0594 e. The number of halogens is 1. The van der Waals surface area contributed by atoms with Crippen molar-refractivity contribution < 1.29 is 12.4 Å². The first kappa shape index (κ1) is 42.9. The van der Waals surface area contributed by atoms with Gasteiger partial charge in [0.15, 0.2) is 0 Å². The molecule has 0 aromatic rings. The van der Waals surface area contributed by atoms with Crippen molar-refractivity contribution in [3.8, 4) is 0 Å². The first-order chi connectivity index (χ1) is 19.2. The van der Waals surface area contributed by atoms with Gasteiger partial charge in [0, 0.05) is 7.26 Å². The monoisotopic (exact) mass is 603 g/mol. The minimum absolute atomic E-state index is 0. The summed E-state index contributed by atoms with van der Waals surface area (Å²) in [5.74, 6) is 0. The maximum Gasteiger partial charge on any atom is 0.0594 e. The molecule has 40 heavy (non-hydrogen) atoms. The quantitative estimate of drug-likeness (QED) is 0.0507. The number of unbranched alkanes of at least 4 members (excludes halogenated alkanes) is 26. The Morgan fingerprint density at radius 3 is 0.600 bits per heavy atom. The van der Waals surface area contributed by atoms with Crippen molar-refractivity contribution in [2.24, 2.45) is 0 Å². The van der Waals surface area contributed by atoms with Crippen LogP contribution in [0.15, 0.2) is 0 Å². The Kier molecular flexibility index (Phi) is 38.5. The van der Waals surface area contributed by atoms with Gasteiger partial charge in [0.05, 0.1) is 24.6 Å². The first-order valence-electron chi connectivity index (χ1n) is 19.1. The Bertz CT molecular complexity index is 397. The van der Waals surface area contributed by atoms with Crippen LogP contribution in [0.3, 0.4) is 0 Å². The third kappa shape index (κ3) is 30.2. The lowest BCUT2D eigenvalue weighted by atomic mass is 10.1. The molecule has 0 atom stereocenters. The SMILES string of the molecule is CCCCCCCCCCCCCC[P+](CCCCC)(CCCCC)CCCCCCCCCCCCCC.[Cl-]. The van der Waals surface area contributed by atoms with E-state index in [0.717, 1.165) is 0 Å². The van der Waals surface area contributed by atoms with E-state index in [-0.39, 0.29) is 12.4 Å². The van der Waals surface area contributed by atoms with Crippen molar-refractivity contribution in [3.05, 3.63) is 0 Å².